The SMILES string of the molecule is NC(=O)c1cn(CC(CCCc2cccc3cc(Cl)ccc23)OCc2ccccc2)cn1. The fourth-order valence-electron chi connectivity index (χ4n) is 3.90. The van der Waals surface area contributed by atoms with E-state index in [0.717, 1.165) is 35.2 Å². The second-order valence-electron chi connectivity index (χ2n) is 7.91. The summed E-state index contributed by atoms with van der Waals surface area (Å²) in [5.41, 5.74) is 8.04. The third-order valence-electron chi connectivity index (χ3n) is 5.53. The number of imidazole rings is 1. The number of aromatic nitrogens is 2. The number of fused-ring (bicyclic) bond motifs is 1. The van der Waals surface area contributed by atoms with Crippen molar-refractivity contribution in [3.63, 3.8) is 0 Å². The summed E-state index contributed by atoms with van der Waals surface area (Å²) in [6, 6.07) is 22.5. The van der Waals surface area contributed by atoms with Crippen LogP contribution < -0.4 is 5.73 Å². The molecule has 1 atom stereocenters. The van der Waals surface area contributed by atoms with Crippen molar-refractivity contribution in [2.24, 2.45) is 5.73 Å². The zero-order valence-corrected chi connectivity index (χ0v) is 18.5. The van der Waals surface area contributed by atoms with Crippen LogP contribution in [0.3, 0.4) is 0 Å². The van der Waals surface area contributed by atoms with Gasteiger partial charge in [0.05, 0.1) is 19.0 Å². The normalized spacial score (nSPS) is 12.2. The number of hydrogen-bond acceptors (Lipinski definition) is 3. The van der Waals surface area contributed by atoms with Gasteiger partial charge in [-0.1, -0.05) is 66.2 Å². The smallest absolute Gasteiger partial charge is 0.268 e. The van der Waals surface area contributed by atoms with Crippen LogP contribution in [0.2, 0.25) is 5.02 Å². The van der Waals surface area contributed by atoms with Crippen molar-refractivity contribution in [1.29, 1.82) is 0 Å². The molecular formula is C26H26ClN3O2. The second-order valence-corrected chi connectivity index (χ2v) is 8.35. The van der Waals surface area contributed by atoms with E-state index in [1.54, 1.807) is 12.5 Å². The summed E-state index contributed by atoms with van der Waals surface area (Å²) in [7, 11) is 0. The minimum Gasteiger partial charge on any atom is -0.372 e. The average Bonchev–Trinajstić information content (AvgIpc) is 3.27. The number of ether oxygens (including phenoxy) is 1. The van der Waals surface area contributed by atoms with Crippen molar-refractivity contribution in [2.75, 3.05) is 0 Å². The number of nitrogens with zero attached hydrogens (tertiary/aromatic N) is 2. The second kappa shape index (κ2) is 10.4. The Morgan fingerprint density at radius 3 is 2.72 bits per heavy atom. The first-order valence-corrected chi connectivity index (χ1v) is 11.1. The third-order valence-corrected chi connectivity index (χ3v) is 5.77. The lowest BCUT2D eigenvalue weighted by molar-refractivity contribution is 0.0225. The lowest BCUT2D eigenvalue weighted by atomic mass is 9.99. The van der Waals surface area contributed by atoms with Crippen LogP contribution in [-0.2, 0) is 24.3 Å². The maximum Gasteiger partial charge on any atom is 0.268 e. The molecule has 1 unspecified atom stereocenters. The average molecular weight is 448 g/mol. The molecule has 0 radical (unpaired) electrons. The maximum atomic E-state index is 11.4. The van der Waals surface area contributed by atoms with E-state index in [1.165, 1.54) is 10.9 Å². The summed E-state index contributed by atoms with van der Waals surface area (Å²) in [6.07, 6.45) is 6.08. The fourth-order valence-corrected chi connectivity index (χ4v) is 4.08. The van der Waals surface area contributed by atoms with Crippen molar-refractivity contribution < 1.29 is 9.53 Å². The number of aryl methyl sites for hydroxylation is 1. The molecule has 0 bridgehead atoms. The van der Waals surface area contributed by atoms with E-state index in [4.69, 9.17) is 22.1 Å². The minimum atomic E-state index is -0.526. The van der Waals surface area contributed by atoms with E-state index < -0.39 is 5.91 Å². The molecule has 0 saturated heterocycles. The molecule has 6 heteroatoms. The van der Waals surface area contributed by atoms with Gasteiger partial charge in [0.2, 0.25) is 0 Å². The van der Waals surface area contributed by atoms with Crippen molar-refractivity contribution >= 4 is 28.3 Å². The van der Waals surface area contributed by atoms with Gasteiger partial charge in [-0.05, 0) is 53.3 Å². The van der Waals surface area contributed by atoms with Gasteiger partial charge in [-0.25, -0.2) is 4.98 Å². The van der Waals surface area contributed by atoms with Gasteiger partial charge in [-0.3, -0.25) is 4.79 Å². The zero-order valence-electron chi connectivity index (χ0n) is 17.8. The van der Waals surface area contributed by atoms with E-state index in [9.17, 15) is 4.79 Å². The monoisotopic (exact) mass is 447 g/mol. The Balaban J connectivity index is 1.42. The quantitative estimate of drug-likeness (QED) is 0.354. The van der Waals surface area contributed by atoms with Crippen molar-refractivity contribution in [2.45, 2.75) is 38.5 Å². The van der Waals surface area contributed by atoms with Crippen LogP contribution in [0.1, 0.15) is 34.5 Å². The minimum absolute atomic E-state index is 0.0189. The molecule has 3 aromatic carbocycles. The topological polar surface area (TPSA) is 70.1 Å². The van der Waals surface area contributed by atoms with Gasteiger partial charge in [0.1, 0.15) is 5.69 Å². The predicted molar refractivity (Wildman–Crippen MR) is 128 cm³/mol. The fraction of sp³-hybridized carbons (Fsp3) is 0.231. The lowest BCUT2D eigenvalue weighted by Crippen LogP contribution is -2.20. The maximum absolute atomic E-state index is 11.4. The number of halogens is 1. The molecule has 5 nitrogen and oxygen atoms in total. The number of nitrogens with two attached hydrogens (primary N) is 1. The number of carbonyl (C=O) groups is 1. The Labute approximate surface area is 192 Å². The molecule has 1 amide bonds. The molecule has 2 N–H and O–H groups in total. The number of rotatable bonds is 10. The van der Waals surface area contributed by atoms with Gasteiger partial charge in [-0.2, -0.15) is 0 Å². The van der Waals surface area contributed by atoms with Crippen LogP contribution in [-0.4, -0.2) is 21.6 Å². The van der Waals surface area contributed by atoms with E-state index >= 15 is 0 Å². The van der Waals surface area contributed by atoms with E-state index in [0.29, 0.717) is 13.2 Å². The molecule has 0 fully saturated rings. The summed E-state index contributed by atoms with van der Waals surface area (Å²) >= 11 is 6.15. The molecule has 4 aromatic rings. The number of amides is 1. The molecule has 32 heavy (non-hydrogen) atoms. The molecule has 1 heterocycles. The highest BCUT2D eigenvalue weighted by atomic mass is 35.5. The van der Waals surface area contributed by atoms with Gasteiger partial charge < -0.3 is 15.0 Å². The standard InChI is InChI=1S/C26H26ClN3O2/c27-22-12-13-24-20(8-4-10-21(24)14-22)9-5-11-23(32-17-19-6-2-1-3-7-19)15-30-16-25(26(28)31)29-18-30/h1-4,6-8,10,12-14,16,18,23H,5,9,11,15,17H2,(H2,28,31). The zero-order chi connectivity index (χ0) is 22.3. The van der Waals surface area contributed by atoms with Crippen LogP contribution >= 0.6 is 11.6 Å². The summed E-state index contributed by atoms with van der Waals surface area (Å²) in [4.78, 5) is 15.5. The Kier molecular flexibility index (Phi) is 7.20. The van der Waals surface area contributed by atoms with Gasteiger partial charge in [0.25, 0.3) is 5.91 Å². The predicted octanol–water partition coefficient (Wildman–Crippen LogP) is 5.40. The number of hydrogen-bond donors (Lipinski definition) is 1. The first kappa shape index (κ1) is 22.1. The lowest BCUT2D eigenvalue weighted by Gasteiger charge is -2.19. The molecule has 0 aliphatic rings. The molecule has 4 rings (SSSR count). The molecule has 0 aliphatic carbocycles. The Morgan fingerprint density at radius 1 is 1.09 bits per heavy atom. The Hall–Kier alpha value is -3.15. The highest BCUT2D eigenvalue weighted by Crippen LogP contribution is 2.24. The first-order valence-electron chi connectivity index (χ1n) is 10.7. The number of primary amides is 1. The Morgan fingerprint density at radius 2 is 1.94 bits per heavy atom. The van der Waals surface area contributed by atoms with E-state index in [-0.39, 0.29) is 11.8 Å². The summed E-state index contributed by atoms with van der Waals surface area (Å²) < 4.78 is 8.13. The summed E-state index contributed by atoms with van der Waals surface area (Å²) in [5, 5.41) is 3.14. The molecular weight excluding hydrogens is 422 g/mol. The van der Waals surface area contributed by atoms with E-state index in [2.05, 4.69) is 41.4 Å². The molecule has 164 valence electrons. The van der Waals surface area contributed by atoms with E-state index in [1.807, 2.05) is 34.9 Å². The van der Waals surface area contributed by atoms with Gasteiger partial charge >= 0.3 is 0 Å². The van der Waals surface area contributed by atoms with Crippen LogP contribution in [0.25, 0.3) is 10.8 Å². The number of carbonyl (C=O) groups excluding carboxylic acids is 1. The Bertz CT molecular complexity index is 1190. The van der Waals surface area contributed by atoms with Gasteiger partial charge in [0, 0.05) is 17.8 Å². The molecule has 0 aliphatic heterocycles. The van der Waals surface area contributed by atoms with Crippen LogP contribution in [0, 0.1) is 0 Å². The van der Waals surface area contributed by atoms with Crippen molar-refractivity contribution in [3.05, 3.63) is 101 Å². The van der Waals surface area contributed by atoms with Gasteiger partial charge in [0.15, 0.2) is 0 Å². The molecule has 0 spiro atoms. The summed E-state index contributed by atoms with van der Waals surface area (Å²) in [6.45, 7) is 1.15. The largest absolute Gasteiger partial charge is 0.372 e. The van der Waals surface area contributed by atoms with Crippen molar-refractivity contribution in [1.82, 2.24) is 9.55 Å². The first-order chi connectivity index (χ1) is 15.6. The highest BCUT2D eigenvalue weighted by Gasteiger charge is 2.13. The number of benzene rings is 3. The molecule has 0 saturated carbocycles. The van der Waals surface area contributed by atoms with Crippen LogP contribution in [0.15, 0.2) is 79.3 Å². The van der Waals surface area contributed by atoms with Gasteiger partial charge in [-0.15, -0.1) is 0 Å². The molecule has 1 aromatic heterocycles. The third kappa shape index (κ3) is 5.75. The summed E-state index contributed by atoms with van der Waals surface area (Å²) in [5.74, 6) is -0.526. The van der Waals surface area contributed by atoms with Crippen molar-refractivity contribution in [3.8, 4) is 0 Å². The van der Waals surface area contributed by atoms with Crippen LogP contribution in [0.4, 0.5) is 0 Å². The van der Waals surface area contributed by atoms with Crippen LogP contribution in [0.5, 0.6) is 0 Å². The highest BCUT2D eigenvalue weighted by molar-refractivity contribution is 6.31.